The van der Waals surface area contributed by atoms with Crippen LogP contribution in [0.15, 0.2) is 48.2 Å². The van der Waals surface area contributed by atoms with Gasteiger partial charge in [0, 0.05) is 30.5 Å². The summed E-state index contributed by atoms with van der Waals surface area (Å²) in [6.07, 6.45) is 5.81. The summed E-state index contributed by atoms with van der Waals surface area (Å²) in [5.41, 5.74) is 1.29. The van der Waals surface area contributed by atoms with Crippen LogP contribution in [-0.4, -0.2) is 26.5 Å². The Bertz CT molecular complexity index is 766. The molecule has 0 spiro atoms. The van der Waals surface area contributed by atoms with Gasteiger partial charge in [0.2, 0.25) is 0 Å². The lowest BCUT2D eigenvalue weighted by Crippen LogP contribution is -2.36. The molecular weight excluding hydrogens is 308 g/mol. The molecule has 3 heterocycles. The average molecular weight is 326 g/mol. The molecule has 0 saturated carbocycles. The van der Waals surface area contributed by atoms with E-state index in [0.29, 0.717) is 6.04 Å². The standard InChI is InChI=1S/C17H18N4OS/c1-22-14-4-2-13(3-5-14)15-10-20-8-6-18-16(20)11-21(15)12-17-19-7-9-23-17/h2-9,15H,10-12H2,1H3. The van der Waals surface area contributed by atoms with Gasteiger partial charge >= 0.3 is 0 Å². The highest BCUT2D eigenvalue weighted by Crippen LogP contribution is 2.31. The highest BCUT2D eigenvalue weighted by Gasteiger charge is 2.28. The molecule has 1 aromatic carbocycles. The first-order valence-electron chi connectivity index (χ1n) is 7.60. The third-order valence-electron chi connectivity index (χ3n) is 4.28. The number of benzene rings is 1. The number of imidazole rings is 1. The topological polar surface area (TPSA) is 43.2 Å². The van der Waals surface area contributed by atoms with Gasteiger partial charge in [-0.2, -0.15) is 0 Å². The Labute approximate surface area is 139 Å². The zero-order chi connectivity index (χ0) is 15.6. The first-order valence-corrected chi connectivity index (χ1v) is 8.48. The van der Waals surface area contributed by atoms with Gasteiger partial charge in [0.1, 0.15) is 16.6 Å². The van der Waals surface area contributed by atoms with E-state index in [9.17, 15) is 0 Å². The van der Waals surface area contributed by atoms with Crippen molar-refractivity contribution in [3.8, 4) is 5.75 Å². The van der Waals surface area contributed by atoms with Crippen LogP contribution in [0.3, 0.4) is 0 Å². The van der Waals surface area contributed by atoms with Crippen LogP contribution >= 0.6 is 11.3 Å². The summed E-state index contributed by atoms with van der Waals surface area (Å²) >= 11 is 1.70. The Morgan fingerprint density at radius 2 is 2.09 bits per heavy atom. The van der Waals surface area contributed by atoms with E-state index in [1.165, 1.54) is 5.56 Å². The van der Waals surface area contributed by atoms with Gasteiger partial charge in [-0.3, -0.25) is 4.90 Å². The first kappa shape index (κ1) is 14.4. The van der Waals surface area contributed by atoms with E-state index < -0.39 is 0 Å². The largest absolute Gasteiger partial charge is 0.497 e. The minimum atomic E-state index is 0.312. The van der Waals surface area contributed by atoms with E-state index in [1.807, 2.05) is 29.9 Å². The van der Waals surface area contributed by atoms with Gasteiger partial charge in [-0.05, 0) is 17.7 Å². The number of aromatic nitrogens is 3. The van der Waals surface area contributed by atoms with Crippen molar-refractivity contribution in [2.45, 2.75) is 25.7 Å². The van der Waals surface area contributed by atoms with Crippen molar-refractivity contribution >= 4 is 11.3 Å². The number of hydrogen-bond donors (Lipinski definition) is 0. The highest BCUT2D eigenvalue weighted by molar-refractivity contribution is 7.09. The van der Waals surface area contributed by atoms with E-state index in [1.54, 1.807) is 18.4 Å². The molecule has 1 unspecified atom stereocenters. The van der Waals surface area contributed by atoms with E-state index in [0.717, 1.165) is 36.2 Å². The van der Waals surface area contributed by atoms with Gasteiger partial charge in [-0.25, -0.2) is 9.97 Å². The molecule has 118 valence electrons. The second kappa shape index (κ2) is 6.14. The third kappa shape index (κ3) is 2.87. The quantitative estimate of drug-likeness (QED) is 0.739. The fourth-order valence-electron chi connectivity index (χ4n) is 3.06. The van der Waals surface area contributed by atoms with Crippen molar-refractivity contribution in [3.63, 3.8) is 0 Å². The second-order valence-corrected chi connectivity index (χ2v) is 6.59. The zero-order valence-corrected chi connectivity index (χ0v) is 13.7. The lowest BCUT2D eigenvalue weighted by molar-refractivity contribution is 0.128. The van der Waals surface area contributed by atoms with Crippen molar-refractivity contribution < 1.29 is 4.74 Å². The van der Waals surface area contributed by atoms with Crippen LogP contribution in [0.5, 0.6) is 5.75 Å². The molecule has 0 aliphatic carbocycles. The molecule has 0 fully saturated rings. The lowest BCUT2D eigenvalue weighted by Gasteiger charge is -2.36. The number of thiazole rings is 1. The van der Waals surface area contributed by atoms with Crippen molar-refractivity contribution in [1.29, 1.82) is 0 Å². The van der Waals surface area contributed by atoms with Crippen molar-refractivity contribution in [3.05, 3.63) is 64.6 Å². The van der Waals surface area contributed by atoms with Crippen LogP contribution in [0.2, 0.25) is 0 Å². The van der Waals surface area contributed by atoms with Gasteiger partial charge in [-0.1, -0.05) is 12.1 Å². The molecule has 0 radical (unpaired) electrons. The number of nitrogens with zero attached hydrogens (tertiary/aromatic N) is 4. The van der Waals surface area contributed by atoms with Crippen LogP contribution in [0.4, 0.5) is 0 Å². The summed E-state index contributed by atoms with van der Waals surface area (Å²) in [6, 6.07) is 8.67. The van der Waals surface area contributed by atoms with Gasteiger partial charge in [0.15, 0.2) is 0 Å². The Balaban J connectivity index is 1.65. The van der Waals surface area contributed by atoms with E-state index in [2.05, 4.69) is 37.8 Å². The molecule has 2 aromatic heterocycles. The molecule has 1 aliphatic heterocycles. The Morgan fingerprint density at radius 3 is 2.83 bits per heavy atom. The molecule has 4 rings (SSSR count). The summed E-state index contributed by atoms with van der Waals surface area (Å²) in [5, 5.41) is 3.17. The summed E-state index contributed by atoms with van der Waals surface area (Å²) in [5.74, 6) is 2.01. The molecule has 1 aliphatic rings. The molecule has 0 saturated heterocycles. The van der Waals surface area contributed by atoms with Crippen molar-refractivity contribution in [2.24, 2.45) is 0 Å². The molecule has 5 nitrogen and oxygen atoms in total. The highest BCUT2D eigenvalue weighted by atomic mass is 32.1. The molecule has 6 heteroatoms. The Hall–Kier alpha value is -2.18. The molecule has 0 amide bonds. The second-order valence-electron chi connectivity index (χ2n) is 5.62. The SMILES string of the molecule is COc1ccc(C2Cn3ccnc3CN2Cc2nccs2)cc1. The van der Waals surface area contributed by atoms with Gasteiger partial charge in [-0.15, -0.1) is 11.3 Å². The molecule has 3 aromatic rings. The van der Waals surface area contributed by atoms with Gasteiger partial charge in [0.25, 0.3) is 0 Å². The Morgan fingerprint density at radius 1 is 1.22 bits per heavy atom. The zero-order valence-electron chi connectivity index (χ0n) is 12.9. The maximum atomic E-state index is 5.28. The predicted molar refractivity (Wildman–Crippen MR) is 89.3 cm³/mol. The predicted octanol–water partition coefficient (Wildman–Crippen LogP) is 3.11. The third-order valence-corrected chi connectivity index (χ3v) is 5.04. The van der Waals surface area contributed by atoms with E-state index >= 15 is 0 Å². The molecule has 23 heavy (non-hydrogen) atoms. The number of fused-ring (bicyclic) bond motifs is 1. The summed E-state index contributed by atoms with van der Waals surface area (Å²) in [7, 11) is 1.70. The van der Waals surface area contributed by atoms with Crippen LogP contribution in [0, 0.1) is 0 Å². The van der Waals surface area contributed by atoms with Gasteiger partial charge in [0.05, 0.1) is 26.2 Å². The van der Waals surface area contributed by atoms with Crippen LogP contribution < -0.4 is 4.74 Å². The maximum absolute atomic E-state index is 5.28. The summed E-state index contributed by atoms with van der Waals surface area (Å²) < 4.78 is 7.52. The van der Waals surface area contributed by atoms with E-state index in [4.69, 9.17) is 4.74 Å². The maximum Gasteiger partial charge on any atom is 0.122 e. The molecule has 0 N–H and O–H groups in total. The van der Waals surface area contributed by atoms with E-state index in [-0.39, 0.29) is 0 Å². The fourth-order valence-corrected chi connectivity index (χ4v) is 3.71. The minimum Gasteiger partial charge on any atom is -0.497 e. The monoisotopic (exact) mass is 326 g/mol. The summed E-state index contributed by atoms with van der Waals surface area (Å²) in [6.45, 7) is 2.59. The van der Waals surface area contributed by atoms with Crippen LogP contribution in [0.1, 0.15) is 22.4 Å². The summed E-state index contributed by atoms with van der Waals surface area (Å²) in [4.78, 5) is 11.4. The van der Waals surface area contributed by atoms with Gasteiger partial charge < -0.3 is 9.30 Å². The minimum absolute atomic E-state index is 0.312. The lowest BCUT2D eigenvalue weighted by atomic mass is 10.0. The van der Waals surface area contributed by atoms with Crippen LogP contribution in [0.25, 0.3) is 0 Å². The average Bonchev–Trinajstić information content (AvgIpc) is 3.25. The molecule has 0 bridgehead atoms. The number of rotatable bonds is 4. The molecular formula is C17H18N4OS. The first-order chi connectivity index (χ1) is 11.3. The normalized spacial score (nSPS) is 17.9. The van der Waals surface area contributed by atoms with Crippen LogP contribution in [-0.2, 0) is 19.6 Å². The number of hydrogen-bond acceptors (Lipinski definition) is 5. The molecule has 1 atom stereocenters. The number of methoxy groups -OCH3 is 1. The van der Waals surface area contributed by atoms with Crippen molar-refractivity contribution in [2.75, 3.05) is 7.11 Å². The smallest absolute Gasteiger partial charge is 0.122 e. The fraction of sp³-hybridized carbons (Fsp3) is 0.294. The van der Waals surface area contributed by atoms with Crippen molar-refractivity contribution in [1.82, 2.24) is 19.4 Å². The number of ether oxygens (including phenoxy) is 1. The Kier molecular flexibility index (Phi) is 3.85.